The van der Waals surface area contributed by atoms with Crippen LogP contribution in [-0.4, -0.2) is 20.7 Å². The third kappa shape index (κ3) is 3.66. The predicted molar refractivity (Wildman–Crippen MR) is 109 cm³/mol. The van der Waals surface area contributed by atoms with Crippen LogP contribution < -0.4 is 5.32 Å². The van der Waals surface area contributed by atoms with Gasteiger partial charge in [0.1, 0.15) is 17.3 Å². The van der Waals surface area contributed by atoms with Crippen molar-refractivity contribution in [1.29, 1.82) is 0 Å². The molecule has 4 rings (SSSR count). The average Bonchev–Trinajstić information content (AvgIpc) is 3.28. The van der Waals surface area contributed by atoms with E-state index in [9.17, 15) is 13.6 Å². The number of aromatic nitrogens is 3. The summed E-state index contributed by atoms with van der Waals surface area (Å²) in [6, 6.07) is 10.9. The first-order chi connectivity index (χ1) is 13.9. The fourth-order valence-electron chi connectivity index (χ4n) is 3.02. The highest BCUT2D eigenvalue weighted by Gasteiger charge is 2.19. The Labute approximate surface area is 169 Å². The second-order valence-corrected chi connectivity index (χ2v) is 7.66. The Bertz CT molecular complexity index is 1180. The van der Waals surface area contributed by atoms with Gasteiger partial charge in [-0.1, -0.05) is 6.07 Å². The number of hydrogen-bond acceptors (Lipinski definition) is 4. The van der Waals surface area contributed by atoms with E-state index in [2.05, 4.69) is 15.4 Å². The van der Waals surface area contributed by atoms with E-state index in [0.717, 1.165) is 38.7 Å². The van der Waals surface area contributed by atoms with Crippen LogP contribution in [0.15, 0.2) is 54.9 Å². The third-order valence-corrected chi connectivity index (χ3v) is 5.57. The van der Waals surface area contributed by atoms with Crippen molar-refractivity contribution >= 4 is 22.9 Å². The van der Waals surface area contributed by atoms with Crippen LogP contribution in [0, 0.1) is 18.6 Å². The molecule has 0 radical (unpaired) electrons. The largest absolute Gasteiger partial charge is 0.316 e. The molecule has 5 nitrogen and oxygen atoms in total. The van der Waals surface area contributed by atoms with E-state index in [1.165, 1.54) is 6.07 Å². The number of carbonyl (C=O) groups is 1. The average molecular weight is 410 g/mol. The molecule has 0 atom stereocenters. The van der Waals surface area contributed by atoms with Crippen molar-refractivity contribution in [2.75, 3.05) is 5.32 Å². The minimum Gasteiger partial charge on any atom is -0.316 e. The minimum absolute atomic E-state index is 0.0706. The van der Waals surface area contributed by atoms with Gasteiger partial charge in [-0.15, -0.1) is 11.3 Å². The number of rotatable bonds is 4. The number of thiophene rings is 1. The molecule has 3 aromatic heterocycles. The molecule has 0 saturated carbocycles. The molecule has 0 aliphatic rings. The summed E-state index contributed by atoms with van der Waals surface area (Å²) >= 11 is 1.63. The summed E-state index contributed by atoms with van der Waals surface area (Å²) in [4.78, 5) is 18.7. The Morgan fingerprint density at radius 1 is 1.10 bits per heavy atom. The highest BCUT2D eigenvalue weighted by molar-refractivity contribution is 7.16. The number of hydrogen-bond donors (Lipinski definition) is 1. The lowest BCUT2D eigenvalue weighted by Gasteiger charge is -2.05. The van der Waals surface area contributed by atoms with Gasteiger partial charge >= 0.3 is 0 Å². The number of benzene rings is 1. The number of para-hydroxylation sites is 1. The molecule has 0 fully saturated rings. The smallest absolute Gasteiger partial charge is 0.276 e. The molecule has 0 bridgehead atoms. The molecule has 146 valence electrons. The molecule has 0 spiro atoms. The number of nitrogens with one attached hydrogen (secondary N) is 1. The molecule has 4 aromatic rings. The molecule has 0 aliphatic carbocycles. The summed E-state index contributed by atoms with van der Waals surface area (Å²) in [5.74, 6) is -2.37. The standard InChI is InChI=1S/C21H16F2N4OS/c1-12-14(10-19(29-12)13-6-8-24-9-7-13)18-11-17(26-27(18)2)21(28)25-20-15(22)4-3-5-16(20)23/h3-11H,1-2H3,(H,25,28). The highest BCUT2D eigenvalue weighted by Crippen LogP contribution is 2.36. The summed E-state index contributed by atoms with van der Waals surface area (Å²) in [7, 11) is 1.72. The van der Waals surface area contributed by atoms with Gasteiger partial charge in [0.2, 0.25) is 0 Å². The molecular weight excluding hydrogens is 394 g/mol. The first-order valence-electron chi connectivity index (χ1n) is 8.74. The lowest BCUT2D eigenvalue weighted by molar-refractivity contribution is 0.102. The number of amides is 1. The number of aryl methyl sites for hydroxylation is 2. The Balaban J connectivity index is 1.65. The number of carbonyl (C=O) groups excluding carboxylic acids is 1. The van der Waals surface area contributed by atoms with Gasteiger partial charge in [0.25, 0.3) is 5.91 Å². The summed E-state index contributed by atoms with van der Waals surface area (Å²) in [6.45, 7) is 1.99. The van der Waals surface area contributed by atoms with Gasteiger partial charge in [0.15, 0.2) is 5.69 Å². The van der Waals surface area contributed by atoms with Crippen LogP contribution in [0.2, 0.25) is 0 Å². The number of anilines is 1. The fourth-order valence-corrected chi connectivity index (χ4v) is 4.05. The molecule has 1 N–H and O–H groups in total. The summed E-state index contributed by atoms with van der Waals surface area (Å²) in [6.07, 6.45) is 3.47. The van der Waals surface area contributed by atoms with Crippen molar-refractivity contribution in [3.63, 3.8) is 0 Å². The minimum atomic E-state index is -0.842. The molecular formula is C21H16F2N4OS. The van der Waals surface area contributed by atoms with Crippen molar-refractivity contribution in [2.45, 2.75) is 6.92 Å². The van der Waals surface area contributed by atoms with E-state index in [1.807, 2.05) is 25.1 Å². The van der Waals surface area contributed by atoms with E-state index in [1.54, 1.807) is 41.5 Å². The van der Waals surface area contributed by atoms with E-state index in [-0.39, 0.29) is 5.69 Å². The van der Waals surface area contributed by atoms with Crippen molar-refractivity contribution in [1.82, 2.24) is 14.8 Å². The zero-order chi connectivity index (χ0) is 20.5. The second kappa shape index (κ2) is 7.56. The molecule has 3 heterocycles. The zero-order valence-corrected chi connectivity index (χ0v) is 16.4. The lowest BCUT2D eigenvalue weighted by atomic mass is 10.1. The molecule has 29 heavy (non-hydrogen) atoms. The van der Waals surface area contributed by atoms with Gasteiger partial charge in [-0.05, 0) is 48.9 Å². The Morgan fingerprint density at radius 2 is 1.79 bits per heavy atom. The van der Waals surface area contributed by atoms with E-state index < -0.39 is 23.2 Å². The van der Waals surface area contributed by atoms with Crippen LogP contribution >= 0.6 is 11.3 Å². The van der Waals surface area contributed by atoms with Crippen LogP contribution in [0.4, 0.5) is 14.5 Å². The Kier molecular flexibility index (Phi) is 4.94. The van der Waals surface area contributed by atoms with Crippen molar-refractivity contribution in [2.24, 2.45) is 7.05 Å². The van der Waals surface area contributed by atoms with Crippen LogP contribution in [0.5, 0.6) is 0 Å². The van der Waals surface area contributed by atoms with E-state index in [0.29, 0.717) is 0 Å². The van der Waals surface area contributed by atoms with Gasteiger partial charge in [-0.3, -0.25) is 14.5 Å². The number of halogens is 2. The van der Waals surface area contributed by atoms with Crippen molar-refractivity contribution in [3.8, 4) is 21.7 Å². The van der Waals surface area contributed by atoms with E-state index in [4.69, 9.17) is 0 Å². The molecule has 1 aromatic carbocycles. The first-order valence-corrected chi connectivity index (χ1v) is 9.56. The summed E-state index contributed by atoms with van der Waals surface area (Å²) < 4.78 is 29.2. The van der Waals surface area contributed by atoms with Gasteiger partial charge in [-0.25, -0.2) is 8.78 Å². The SMILES string of the molecule is Cc1sc(-c2ccncc2)cc1-c1cc(C(=O)Nc2c(F)cccc2F)nn1C. The van der Waals surface area contributed by atoms with Crippen LogP contribution in [0.25, 0.3) is 21.7 Å². The molecule has 8 heteroatoms. The number of pyridine rings is 1. The second-order valence-electron chi connectivity index (χ2n) is 6.41. The topological polar surface area (TPSA) is 59.8 Å². The lowest BCUT2D eigenvalue weighted by Crippen LogP contribution is -2.15. The Hall–Kier alpha value is -3.39. The maximum Gasteiger partial charge on any atom is 0.276 e. The van der Waals surface area contributed by atoms with Gasteiger partial charge in [0, 0.05) is 34.8 Å². The third-order valence-electron chi connectivity index (χ3n) is 4.47. The molecule has 0 aliphatic heterocycles. The Morgan fingerprint density at radius 3 is 2.48 bits per heavy atom. The predicted octanol–water partition coefficient (Wildman–Crippen LogP) is 5.05. The summed E-state index contributed by atoms with van der Waals surface area (Å²) in [5, 5.41) is 6.48. The monoisotopic (exact) mass is 410 g/mol. The zero-order valence-electron chi connectivity index (χ0n) is 15.6. The maximum absolute atomic E-state index is 13.8. The van der Waals surface area contributed by atoms with Crippen LogP contribution in [0.1, 0.15) is 15.4 Å². The highest BCUT2D eigenvalue weighted by atomic mass is 32.1. The van der Waals surface area contributed by atoms with Gasteiger partial charge in [0.05, 0.1) is 5.69 Å². The maximum atomic E-state index is 13.8. The first kappa shape index (κ1) is 18.9. The number of nitrogens with zero attached hydrogens (tertiary/aromatic N) is 3. The van der Waals surface area contributed by atoms with E-state index >= 15 is 0 Å². The summed E-state index contributed by atoms with van der Waals surface area (Å²) in [5.41, 5.74) is 2.30. The molecule has 1 amide bonds. The van der Waals surface area contributed by atoms with Gasteiger partial charge in [-0.2, -0.15) is 5.10 Å². The molecule has 0 saturated heterocycles. The van der Waals surface area contributed by atoms with Crippen LogP contribution in [-0.2, 0) is 7.05 Å². The van der Waals surface area contributed by atoms with Crippen LogP contribution in [0.3, 0.4) is 0 Å². The molecule has 0 unspecified atom stereocenters. The van der Waals surface area contributed by atoms with Crippen molar-refractivity contribution in [3.05, 3.63) is 77.1 Å². The normalized spacial score (nSPS) is 10.9. The fraction of sp³-hybridized carbons (Fsp3) is 0.0952. The van der Waals surface area contributed by atoms with Crippen molar-refractivity contribution < 1.29 is 13.6 Å². The van der Waals surface area contributed by atoms with Gasteiger partial charge < -0.3 is 5.32 Å². The quantitative estimate of drug-likeness (QED) is 0.512.